The molecule has 1 heterocycles. The van der Waals surface area contributed by atoms with Crippen molar-refractivity contribution in [1.82, 2.24) is 10.2 Å². The fourth-order valence-electron chi connectivity index (χ4n) is 3.03. The van der Waals surface area contributed by atoms with Crippen molar-refractivity contribution in [3.05, 3.63) is 29.3 Å². The Kier molecular flexibility index (Phi) is 5.77. The summed E-state index contributed by atoms with van der Waals surface area (Å²) >= 11 is 0. The van der Waals surface area contributed by atoms with Gasteiger partial charge in [0.15, 0.2) is 0 Å². The van der Waals surface area contributed by atoms with Gasteiger partial charge in [0, 0.05) is 18.7 Å². The van der Waals surface area contributed by atoms with Crippen LogP contribution in [0.3, 0.4) is 0 Å². The number of anilines is 1. The zero-order chi connectivity index (χ0) is 17.0. The molecule has 23 heavy (non-hydrogen) atoms. The lowest BCUT2D eigenvalue weighted by Gasteiger charge is -2.34. The minimum atomic E-state index is -0.194. The summed E-state index contributed by atoms with van der Waals surface area (Å²) in [7, 11) is 1.68. The van der Waals surface area contributed by atoms with E-state index in [1.165, 1.54) is 0 Å². The molecule has 1 fully saturated rings. The summed E-state index contributed by atoms with van der Waals surface area (Å²) in [6, 6.07) is 5.86. The number of aryl methyl sites for hydroxylation is 2. The molecule has 2 N–H and O–H groups in total. The van der Waals surface area contributed by atoms with Crippen LogP contribution in [0, 0.1) is 19.8 Å². The molecule has 126 valence electrons. The van der Waals surface area contributed by atoms with Crippen LogP contribution in [0.4, 0.5) is 5.69 Å². The summed E-state index contributed by atoms with van der Waals surface area (Å²) in [5, 5.41) is 5.74. The summed E-state index contributed by atoms with van der Waals surface area (Å²) in [5.74, 6) is 0.194. The van der Waals surface area contributed by atoms with Crippen LogP contribution in [0.5, 0.6) is 0 Å². The van der Waals surface area contributed by atoms with Crippen LogP contribution in [0.2, 0.25) is 0 Å². The van der Waals surface area contributed by atoms with Crippen LogP contribution in [0.25, 0.3) is 0 Å². The van der Waals surface area contributed by atoms with Crippen LogP contribution in [0.15, 0.2) is 18.2 Å². The predicted octanol–water partition coefficient (Wildman–Crippen LogP) is 2.09. The van der Waals surface area contributed by atoms with Crippen molar-refractivity contribution in [2.75, 3.05) is 25.5 Å². The van der Waals surface area contributed by atoms with Gasteiger partial charge in [0.05, 0.1) is 6.04 Å². The molecule has 0 radical (unpaired) electrons. The lowest BCUT2D eigenvalue weighted by atomic mass is 9.95. The van der Waals surface area contributed by atoms with Gasteiger partial charge in [-0.2, -0.15) is 0 Å². The zero-order valence-corrected chi connectivity index (χ0v) is 14.5. The van der Waals surface area contributed by atoms with E-state index in [0.717, 1.165) is 42.7 Å². The average Bonchev–Trinajstić information content (AvgIpc) is 2.56. The molecule has 0 aliphatic carbocycles. The number of hydrogen-bond donors (Lipinski definition) is 2. The zero-order valence-electron chi connectivity index (χ0n) is 14.5. The number of likely N-dealkylation sites (tertiary alicyclic amines) is 1. The second-order valence-corrected chi connectivity index (χ2v) is 6.41. The smallest absolute Gasteiger partial charge is 0.241 e. The lowest BCUT2D eigenvalue weighted by Crippen LogP contribution is -2.47. The first-order chi connectivity index (χ1) is 10.9. The van der Waals surface area contributed by atoms with Gasteiger partial charge >= 0.3 is 0 Å². The van der Waals surface area contributed by atoms with Gasteiger partial charge in [0.25, 0.3) is 0 Å². The fraction of sp³-hybridized carbons (Fsp3) is 0.556. The molecule has 5 heteroatoms. The van der Waals surface area contributed by atoms with Gasteiger partial charge in [0.2, 0.25) is 11.8 Å². The van der Waals surface area contributed by atoms with E-state index in [1.54, 1.807) is 7.05 Å². The van der Waals surface area contributed by atoms with Crippen molar-refractivity contribution < 1.29 is 9.59 Å². The first kappa shape index (κ1) is 17.5. The van der Waals surface area contributed by atoms with E-state index in [4.69, 9.17) is 0 Å². The van der Waals surface area contributed by atoms with Crippen molar-refractivity contribution >= 4 is 17.5 Å². The van der Waals surface area contributed by atoms with Crippen LogP contribution < -0.4 is 10.6 Å². The Morgan fingerprint density at radius 3 is 2.48 bits per heavy atom. The molecule has 1 aliphatic heterocycles. The molecular formula is C18H27N3O2. The van der Waals surface area contributed by atoms with E-state index in [1.807, 2.05) is 39.0 Å². The molecule has 0 aromatic heterocycles. The molecule has 5 nitrogen and oxygen atoms in total. The Bertz CT molecular complexity index is 578. The Morgan fingerprint density at radius 2 is 1.87 bits per heavy atom. The van der Waals surface area contributed by atoms with Gasteiger partial charge in [-0.25, -0.2) is 0 Å². The fourth-order valence-corrected chi connectivity index (χ4v) is 3.03. The van der Waals surface area contributed by atoms with Gasteiger partial charge < -0.3 is 10.6 Å². The standard InChI is InChI=1S/C18H27N3O2/c1-12-5-6-13(2)16(11-12)20-17(22)14(3)21-9-7-15(8-10-21)18(23)19-4/h5-6,11,14-15H,7-10H2,1-4H3,(H,19,23)(H,20,22). The van der Waals surface area contributed by atoms with Crippen molar-refractivity contribution in [3.8, 4) is 0 Å². The van der Waals surface area contributed by atoms with Gasteiger partial charge in [-0.15, -0.1) is 0 Å². The van der Waals surface area contributed by atoms with Crippen molar-refractivity contribution in [1.29, 1.82) is 0 Å². The predicted molar refractivity (Wildman–Crippen MR) is 92.4 cm³/mol. The number of nitrogens with one attached hydrogen (secondary N) is 2. The number of piperidine rings is 1. The van der Waals surface area contributed by atoms with E-state index in [-0.39, 0.29) is 23.8 Å². The highest BCUT2D eigenvalue weighted by molar-refractivity contribution is 5.95. The van der Waals surface area contributed by atoms with Crippen LogP contribution in [-0.4, -0.2) is 42.9 Å². The van der Waals surface area contributed by atoms with E-state index >= 15 is 0 Å². The molecule has 2 amide bonds. The third-order valence-corrected chi connectivity index (χ3v) is 4.72. The second-order valence-electron chi connectivity index (χ2n) is 6.41. The molecule has 1 atom stereocenters. The molecule has 0 bridgehead atoms. The van der Waals surface area contributed by atoms with Gasteiger partial charge in [-0.05, 0) is 63.9 Å². The highest BCUT2D eigenvalue weighted by atomic mass is 16.2. The average molecular weight is 317 g/mol. The minimum Gasteiger partial charge on any atom is -0.359 e. The lowest BCUT2D eigenvalue weighted by molar-refractivity contribution is -0.126. The van der Waals surface area contributed by atoms with E-state index in [2.05, 4.69) is 15.5 Å². The molecule has 1 unspecified atom stereocenters. The molecule has 1 aromatic carbocycles. The summed E-state index contributed by atoms with van der Waals surface area (Å²) in [5.41, 5.74) is 3.07. The topological polar surface area (TPSA) is 61.4 Å². The highest BCUT2D eigenvalue weighted by Crippen LogP contribution is 2.21. The molecule has 1 saturated heterocycles. The third-order valence-electron chi connectivity index (χ3n) is 4.72. The molecular weight excluding hydrogens is 290 g/mol. The normalized spacial score (nSPS) is 17.6. The first-order valence-corrected chi connectivity index (χ1v) is 8.26. The van der Waals surface area contributed by atoms with Gasteiger partial charge in [-0.1, -0.05) is 12.1 Å². The summed E-state index contributed by atoms with van der Waals surface area (Å²) in [6.45, 7) is 7.50. The first-order valence-electron chi connectivity index (χ1n) is 8.26. The maximum atomic E-state index is 12.5. The second kappa shape index (κ2) is 7.59. The Balaban J connectivity index is 1.93. The summed E-state index contributed by atoms with van der Waals surface area (Å²) in [4.78, 5) is 26.3. The molecule has 1 aliphatic rings. The van der Waals surface area contributed by atoms with Crippen molar-refractivity contribution in [3.63, 3.8) is 0 Å². The van der Waals surface area contributed by atoms with Gasteiger partial charge in [0.1, 0.15) is 0 Å². The van der Waals surface area contributed by atoms with Crippen LogP contribution in [0.1, 0.15) is 30.9 Å². The molecule has 0 spiro atoms. The van der Waals surface area contributed by atoms with Crippen LogP contribution in [-0.2, 0) is 9.59 Å². The summed E-state index contributed by atoms with van der Waals surface area (Å²) < 4.78 is 0. The number of benzene rings is 1. The minimum absolute atomic E-state index is 0.0112. The number of nitrogens with zero attached hydrogens (tertiary/aromatic N) is 1. The Labute approximate surface area is 138 Å². The van der Waals surface area contributed by atoms with E-state index in [9.17, 15) is 9.59 Å². The highest BCUT2D eigenvalue weighted by Gasteiger charge is 2.29. The number of carbonyl (C=O) groups is 2. The van der Waals surface area contributed by atoms with Crippen molar-refractivity contribution in [2.45, 2.75) is 39.7 Å². The molecule has 1 aromatic rings. The van der Waals surface area contributed by atoms with E-state index in [0.29, 0.717) is 0 Å². The molecule has 0 saturated carbocycles. The Hall–Kier alpha value is -1.88. The largest absolute Gasteiger partial charge is 0.359 e. The molecule has 2 rings (SSSR count). The van der Waals surface area contributed by atoms with E-state index < -0.39 is 0 Å². The number of carbonyl (C=O) groups excluding carboxylic acids is 2. The van der Waals surface area contributed by atoms with Crippen molar-refractivity contribution in [2.24, 2.45) is 5.92 Å². The SMILES string of the molecule is CNC(=O)C1CCN(C(C)C(=O)Nc2cc(C)ccc2C)CC1. The third kappa shape index (κ3) is 4.32. The van der Waals surface area contributed by atoms with Gasteiger partial charge in [-0.3, -0.25) is 14.5 Å². The maximum Gasteiger partial charge on any atom is 0.241 e. The van der Waals surface area contributed by atoms with Crippen LogP contribution >= 0.6 is 0 Å². The number of hydrogen-bond acceptors (Lipinski definition) is 3. The monoisotopic (exact) mass is 317 g/mol. The quantitative estimate of drug-likeness (QED) is 0.894. The number of rotatable bonds is 4. The Morgan fingerprint density at radius 1 is 1.22 bits per heavy atom. The summed E-state index contributed by atoms with van der Waals surface area (Å²) in [6.07, 6.45) is 1.61. The maximum absolute atomic E-state index is 12.5. The number of amides is 2.